The highest BCUT2D eigenvalue weighted by Gasteiger charge is 2.13. The van der Waals surface area contributed by atoms with Crippen LogP contribution in [0.25, 0.3) is 0 Å². The number of benzene rings is 2. The highest BCUT2D eigenvalue weighted by molar-refractivity contribution is 5.95. The van der Waals surface area contributed by atoms with Crippen LogP contribution in [0.3, 0.4) is 0 Å². The van der Waals surface area contributed by atoms with Crippen molar-refractivity contribution in [3.05, 3.63) is 59.7 Å². The summed E-state index contributed by atoms with van der Waals surface area (Å²) in [4.78, 5) is 24.9. The SMILES string of the molecule is CC(C)Oc1ccc(N(C)C(=O)Cc2cccc(C(=O)O)c2)cc1. The van der Waals surface area contributed by atoms with Crippen LogP contribution in [0.15, 0.2) is 48.5 Å². The molecule has 0 spiro atoms. The van der Waals surface area contributed by atoms with Crippen LogP contribution in [0, 0.1) is 0 Å². The van der Waals surface area contributed by atoms with E-state index in [0.29, 0.717) is 5.56 Å². The summed E-state index contributed by atoms with van der Waals surface area (Å²) >= 11 is 0. The molecule has 0 aromatic heterocycles. The summed E-state index contributed by atoms with van der Waals surface area (Å²) in [7, 11) is 1.70. The normalized spacial score (nSPS) is 10.5. The minimum atomic E-state index is -1.00. The molecule has 0 aliphatic heterocycles. The van der Waals surface area contributed by atoms with E-state index < -0.39 is 5.97 Å². The van der Waals surface area contributed by atoms with Crippen LogP contribution in [0.5, 0.6) is 5.75 Å². The van der Waals surface area contributed by atoms with Gasteiger partial charge in [-0.15, -0.1) is 0 Å². The van der Waals surface area contributed by atoms with E-state index in [-0.39, 0.29) is 24.0 Å². The largest absolute Gasteiger partial charge is 0.491 e. The summed E-state index contributed by atoms with van der Waals surface area (Å²) in [5, 5.41) is 9.01. The van der Waals surface area contributed by atoms with E-state index in [1.807, 2.05) is 38.1 Å². The van der Waals surface area contributed by atoms with Gasteiger partial charge in [0.15, 0.2) is 0 Å². The van der Waals surface area contributed by atoms with Crippen LogP contribution in [0.4, 0.5) is 5.69 Å². The van der Waals surface area contributed by atoms with E-state index in [9.17, 15) is 9.59 Å². The average molecular weight is 327 g/mol. The fraction of sp³-hybridized carbons (Fsp3) is 0.263. The number of carboxylic acid groups (broad SMARTS) is 1. The molecule has 0 saturated heterocycles. The van der Waals surface area contributed by atoms with E-state index in [2.05, 4.69) is 0 Å². The Balaban J connectivity index is 2.06. The van der Waals surface area contributed by atoms with E-state index in [1.165, 1.54) is 12.1 Å². The maximum absolute atomic E-state index is 12.4. The van der Waals surface area contributed by atoms with Crippen molar-refractivity contribution >= 4 is 17.6 Å². The van der Waals surface area contributed by atoms with Gasteiger partial charge in [0.05, 0.1) is 18.1 Å². The summed E-state index contributed by atoms with van der Waals surface area (Å²) in [5.41, 5.74) is 1.61. The Morgan fingerprint density at radius 1 is 1.12 bits per heavy atom. The van der Waals surface area contributed by atoms with E-state index in [4.69, 9.17) is 9.84 Å². The minimum absolute atomic E-state index is 0.0942. The molecular weight excluding hydrogens is 306 g/mol. The number of rotatable bonds is 6. The van der Waals surface area contributed by atoms with Crippen molar-refractivity contribution in [1.82, 2.24) is 0 Å². The van der Waals surface area contributed by atoms with Crippen molar-refractivity contribution in [2.24, 2.45) is 0 Å². The molecule has 1 N–H and O–H groups in total. The molecule has 0 aliphatic rings. The van der Waals surface area contributed by atoms with Crippen molar-refractivity contribution < 1.29 is 19.4 Å². The molecule has 126 valence electrons. The van der Waals surface area contributed by atoms with Crippen LogP contribution >= 0.6 is 0 Å². The monoisotopic (exact) mass is 327 g/mol. The Morgan fingerprint density at radius 3 is 2.38 bits per heavy atom. The Hall–Kier alpha value is -2.82. The standard InChI is InChI=1S/C19H21NO4/c1-13(2)24-17-9-7-16(8-10-17)20(3)18(21)12-14-5-4-6-15(11-14)19(22)23/h4-11,13H,12H2,1-3H3,(H,22,23). The second-order valence-electron chi connectivity index (χ2n) is 5.80. The molecule has 0 atom stereocenters. The lowest BCUT2D eigenvalue weighted by Crippen LogP contribution is -2.27. The molecule has 0 radical (unpaired) electrons. The van der Waals surface area contributed by atoms with Crippen LogP contribution < -0.4 is 9.64 Å². The van der Waals surface area contributed by atoms with E-state index >= 15 is 0 Å². The molecule has 24 heavy (non-hydrogen) atoms. The molecule has 0 fully saturated rings. The Bertz CT molecular complexity index is 722. The molecular formula is C19H21NO4. The number of hydrogen-bond donors (Lipinski definition) is 1. The lowest BCUT2D eigenvalue weighted by molar-refractivity contribution is -0.117. The number of likely N-dealkylation sites (N-methyl/N-ethyl adjacent to an activating group) is 1. The zero-order valence-electron chi connectivity index (χ0n) is 14.0. The quantitative estimate of drug-likeness (QED) is 0.883. The third-order valence-electron chi connectivity index (χ3n) is 3.50. The van der Waals surface area contributed by atoms with Crippen LogP contribution in [-0.2, 0) is 11.2 Å². The first kappa shape index (κ1) is 17.5. The fourth-order valence-corrected chi connectivity index (χ4v) is 2.27. The summed E-state index contributed by atoms with van der Waals surface area (Å²) in [6.07, 6.45) is 0.235. The van der Waals surface area contributed by atoms with Crippen LogP contribution in [0.1, 0.15) is 29.8 Å². The van der Waals surface area contributed by atoms with Gasteiger partial charge in [-0.1, -0.05) is 12.1 Å². The lowest BCUT2D eigenvalue weighted by Gasteiger charge is -2.18. The van der Waals surface area contributed by atoms with Crippen molar-refractivity contribution in [2.45, 2.75) is 26.4 Å². The molecule has 0 bridgehead atoms. The Kier molecular flexibility index (Phi) is 5.58. The predicted molar refractivity (Wildman–Crippen MR) is 92.7 cm³/mol. The van der Waals surface area contributed by atoms with Crippen LogP contribution in [-0.4, -0.2) is 30.1 Å². The number of carboxylic acids is 1. The van der Waals surface area contributed by atoms with Crippen LogP contribution in [0.2, 0.25) is 0 Å². The van der Waals surface area contributed by atoms with E-state index in [0.717, 1.165) is 11.4 Å². The molecule has 2 aromatic rings. The maximum Gasteiger partial charge on any atom is 0.335 e. The molecule has 2 aromatic carbocycles. The first-order chi connectivity index (χ1) is 11.4. The van der Waals surface area contributed by atoms with Gasteiger partial charge in [-0.2, -0.15) is 0 Å². The second-order valence-corrected chi connectivity index (χ2v) is 5.80. The molecule has 0 unspecified atom stereocenters. The highest BCUT2D eigenvalue weighted by atomic mass is 16.5. The maximum atomic E-state index is 12.4. The molecule has 5 nitrogen and oxygen atoms in total. The van der Waals surface area contributed by atoms with E-state index in [1.54, 1.807) is 24.1 Å². The van der Waals surface area contributed by atoms with Gasteiger partial charge < -0.3 is 14.7 Å². The van der Waals surface area contributed by atoms with Gasteiger partial charge in [0.1, 0.15) is 5.75 Å². The van der Waals surface area contributed by atoms with Crippen molar-refractivity contribution in [2.75, 3.05) is 11.9 Å². The Morgan fingerprint density at radius 2 is 1.79 bits per heavy atom. The fourth-order valence-electron chi connectivity index (χ4n) is 2.27. The van der Waals surface area contributed by atoms with Crippen molar-refractivity contribution in [3.63, 3.8) is 0 Å². The molecule has 2 rings (SSSR count). The first-order valence-electron chi connectivity index (χ1n) is 7.72. The second kappa shape index (κ2) is 7.64. The predicted octanol–water partition coefficient (Wildman–Crippen LogP) is 3.38. The topological polar surface area (TPSA) is 66.8 Å². The zero-order chi connectivity index (χ0) is 17.7. The molecule has 1 amide bonds. The van der Waals surface area contributed by atoms with Gasteiger partial charge in [0, 0.05) is 12.7 Å². The smallest absolute Gasteiger partial charge is 0.335 e. The van der Waals surface area contributed by atoms with Gasteiger partial charge in [-0.05, 0) is 55.8 Å². The number of hydrogen-bond acceptors (Lipinski definition) is 3. The number of amides is 1. The van der Waals surface area contributed by atoms with Gasteiger partial charge in [-0.3, -0.25) is 4.79 Å². The zero-order valence-corrected chi connectivity index (χ0v) is 14.0. The van der Waals surface area contributed by atoms with Gasteiger partial charge in [0.2, 0.25) is 5.91 Å². The number of aromatic carboxylic acids is 1. The van der Waals surface area contributed by atoms with Gasteiger partial charge in [0.25, 0.3) is 0 Å². The third-order valence-corrected chi connectivity index (χ3v) is 3.50. The number of nitrogens with zero attached hydrogens (tertiary/aromatic N) is 1. The summed E-state index contributed by atoms with van der Waals surface area (Å²) in [6.45, 7) is 3.91. The highest BCUT2D eigenvalue weighted by Crippen LogP contribution is 2.20. The van der Waals surface area contributed by atoms with Crippen molar-refractivity contribution in [3.8, 4) is 5.75 Å². The Labute approximate surface area is 141 Å². The van der Waals surface area contributed by atoms with Crippen molar-refractivity contribution in [1.29, 1.82) is 0 Å². The lowest BCUT2D eigenvalue weighted by atomic mass is 10.1. The molecule has 0 heterocycles. The molecule has 0 aliphatic carbocycles. The number of carbonyl (C=O) groups excluding carboxylic acids is 1. The third kappa shape index (κ3) is 4.59. The molecule has 0 saturated carbocycles. The number of anilines is 1. The summed E-state index contributed by atoms with van der Waals surface area (Å²) in [5.74, 6) is -0.364. The summed E-state index contributed by atoms with van der Waals surface area (Å²) < 4.78 is 5.58. The van der Waals surface area contributed by atoms with Gasteiger partial charge in [-0.25, -0.2) is 4.79 Å². The summed E-state index contributed by atoms with van der Waals surface area (Å²) in [6, 6.07) is 13.7. The molecule has 5 heteroatoms. The van der Waals surface area contributed by atoms with Gasteiger partial charge >= 0.3 is 5.97 Å². The first-order valence-corrected chi connectivity index (χ1v) is 7.72. The average Bonchev–Trinajstić information content (AvgIpc) is 2.54. The minimum Gasteiger partial charge on any atom is -0.491 e. The number of carbonyl (C=O) groups is 2. The number of ether oxygens (including phenoxy) is 1.